The number of benzene rings is 1. The zero-order valence-corrected chi connectivity index (χ0v) is 15.7. The lowest BCUT2D eigenvalue weighted by Crippen LogP contribution is -2.35. The molecule has 144 valence electrons. The van der Waals surface area contributed by atoms with Gasteiger partial charge in [-0.15, -0.1) is 0 Å². The minimum Gasteiger partial charge on any atom is -0.345 e. The van der Waals surface area contributed by atoms with Gasteiger partial charge in [0.15, 0.2) is 11.3 Å². The van der Waals surface area contributed by atoms with Crippen molar-refractivity contribution < 1.29 is 4.79 Å². The Kier molecular flexibility index (Phi) is 5.38. The first-order valence-electron chi connectivity index (χ1n) is 9.30. The SMILES string of the molecule is O=C(NCc1ccccn1)c1nc2cccnc2n(CCc2ccccc2)c1=O. The Balaban J connectivity index is 1.64. The number of aryl methyl sites for hydroxylation is 2. The number of fused-ring (bicyclic) bond motifs is 1. The minimum atomic E-state index is -0.528. The van der Waals surface area contributed by atoms with Gasteiger partial charge in [0.05, 0.1) is 12.2 Å². The van der Waals surface area contributed by atoms with Gasteiger partial charge in [-0.2, -0.15) is 0 Å². The quantitative estimate of drug-likeness (QED) is 0.550. The van der Waals surface area contributed by atoms with Crippen molar-refractivity contribution in [2.45, 2.75) is 19.5 Å². The third kappa shape index (κ3) is 4.19. The topological polar surface area (TPSA) is 89.8 Å². The zero-order chi connectivity index (χ0) is 20.1. The average molecular weight is 385 g/mol. The molecule has 0 saturated carbocycles. The van der Waals surface area contributed by atoms with E-state index in [9.17, 15) is 9.59 Å². The maximum absolute atomic E-state index is 13.0. The standard InChI is InChI=1S/C22H19N5O2/c28-21(25-15-17-9-4-5-12-23-17)19-22(29)27(14-11-16-7-2-1-3-8-16)20-18(26-19)10-6-13-24-20/h1-10,12-13H,11,14-15H2,(H,25,28). The molecule has 1 N–H and O–H groups in total. The van der Waals surface area contributed by atoms with Crippen molar-refractivity contribution in [3.05, 3.63) is 100 Å². The summed E-state index contributed by atoms with van der Waals surface area (Å²) in [4.78, 5) is 38.5. The summed E-state index contributed by atoms with van der Waals surface area (Å²) in [6.45, 7) is 0.620. The molecule has 7 heteroatoms. The average Bonchev–Trinajstić information content (AvgIpc) is 2.78. The van der Waals surface area contributed by atoms with Crippen LogP contribution in [0.25, 0.3) is 11.2 Å². The number of amides is 1. The van der Waals surface area contributed by atoms with E-state index in [1.54, 1.807) is 36.7 Å². The van der Waals surface area contributed by atoms with E-state index in [1.165, 1.54) is 4.57 Å². The van der Waals surface area contributed by atoms with Crippen molar-refractivity contribution in [2.75, 3.05) is 0 Å². The van der Waals surface area contributed by atoms with Crippen LogP contribution < -0.4 is 10.9 Å². The van der Waals surface area contributed by atoms with Crippen LogP contribution in [0, 0.1) is 0 Å². The van der Waals surface area contributed by atoms with Crippen molar-refractivity contribution in [1.29, 1.82) is 0 Å². The van der Waals surface area contributed by atoms with Crippen LogP contribution >= 0.6 is 0 Å². The van der Waals surface area contributed by atoms with Gasteiger partial charge in [0.1, 0.15) is 5.52 Å². The first-order valence-corrected chi connectivity index (χ1v) is 9.30. The summed E-state index contributed by atoms with van der Waals surface area (Å²) in [6, 6.07) is 18.8. The van der Waals surface area contributed by atoms with Gasteiger partial charge in [0.2, 0.25) is 0 Å². The number of hydrogen-bond acceptors (Lipinski definition) is 5. The van der Waals surface area contributed by atoms with E-state index in [4.69, 9.17) is 0 Å². The lowest BCUT2D eigenvalue weighted by Gasteiger charge is -2.11. The van der Waals surface area contributed by atoms with Crippen molar-refractivity contribution >= 4 is 17.1 Å². The van der Waals surface area contributed by atoms with E-state index in [2.05, 4.69) is 20.3 Å². The van der Waals surface area contributed by atoms with Gasteiger partial charge in [-0.1, -0.05) is 36.4 Å². The van der Waals surface area contributed by atoms with Gasteiger partial charge in [0, 0.05) is 18.9 Å². The lowest BCUT2D eigenvalue weighted by molar-refractivity contribution is 0.0943. The molecule has 4 aromatic rings. The molecule has 29 heavy (non-hydrogen) atoms. The third-order valence-corrected chi connectivity index (χ3v) is 4.54. The number of aromatic nitrogens is 4. The van der Waals surface area contributed by atoms with Crippen molar-refractivity contribution in [1.82, 2.24) is 24.8 Å². The first-order chi connectivity index (χ1) is 14.2. The number of hydrogen-bond donors (Lipinski definition) is 1. The second kappa shape index (κ2) is 8.43. The smallest absolute Gasteiger partial charge is 0.283 e. The maximum atomic E-state index is 13.0. The van der Waals surface area contributed by atoms with E-state index in [0.717, 1.165) is 5.56 Å². The van der Waals surface area contributed by atoms with Crippen LogP contribution in [0.2, 0.25) is 0 Å². The van der Waals surface area contributed by atoms with Crippen LogP contribution in [0.1, 0.15) is 21.7 Å². The second-order valence-electron chi connectivity index (χ2n) is 6.50. The molecule has 0 spiro atoms. The van der Waals surface area contributed by atoms with Crippen LogP contribution in [0.5, 0.6) is 0 Å². The Bertz CT molecular complexity index is 1190. The van der Waals surface area contributed by atoms with Gasteiger partial charge in [-0.25, -0.2) is 9.97 Å². The number of pyridine rings is 2. The summed E-state index contributed by atoms with van der Waals surface area (Å²) < 4.78 is 1.52. The first kappa shape index (κ1) is 18.5. The summed E-state index contributed by atoms with van der Waals surface area (Å²) in [7, 11) is 0. The highest BCUT2D eigenvalue weighted by atomic mass is 16.2. The number of carbonyl (C=O) groups excluding carboxylic acids is 1. The lowest BCUT2D eigenvalue weighted by atomic mass is 10.1. The molecule has 0 saturated heterocycles. The summed E-state index contributed by atoms with van der Waals surface area (Å²) in [5, 5.41) is 2.72. The minimum absolute atomic E-state index is 0.144. The van der Waals surface area contributed by atoms with Crippen LogP contribution in [0.4, 0.5) is 0 Å². The summed E-state index contributed by atoms with van der Waals surface area (Å²) >= 11 is 0. The highest BCUT2D eigenvalue weighted by Gasteiger charge is 2.18. The predicted molar refractivity (Wildman–Crippen MR) is 109 cm³/mol. The molecule has 4 rings (SSSR count). The molecule has 0 fully saturated rings. The fraction of sp³-hybridized carbons (Fsp3) is 0.136. The monoisotopic (exact) mass is 385 g/mol. The summed E-state index contributed by atoms with van der Waals surface area (Å²) in [5.41, 5.74) is 2.17. The van der Waals surface area contributed by atoms with Crippen LogP contribution in [0.3, 0.4) is 0 Å². The van der Waals surface area contributed by atoms with Gasteiger partial charge in [-0.3, -0.25) is 19.1 Å². The molecule has 3 aromatic heterocycles. The fourth-order valence-corrected chi connectivity index (χ4v) is 3.07. The molecule has 1 aromatic carbocycles. The number of nitrogens with one attached hydrogen (secondary N) is 1. The van der Waals surface area contributed by atoms with E-state index in [-0.39, 0.29) is 12.2 Å². The number of nitrogens with zero attached hydrogens (tertiary/aromatic N) is 4. The van der Waals surface area contributed by atoms with Crippen molar-refractivity contribution in [2.24, 2.45) is 0 Å². The number of rotatable bonds is 6. The molecule has 0 aliphatic rings. The van der Waals surface area contributed by atoms with E-state index < -0.39 is 11.5 Å². The molecular formula is C22H19N5O2. The highest BCUT2D eigenvalue weighted by molar-refractivity contribution is 5.93. The molecule has 0 radical (unpaired) electrons. The van der Waals surface area contributed by atoms with Gasteiger partial charge >= 0.3 is 0 Å². The second-order valence-corrected chi connectivity index (χ2v) is 6.50. The molecule has 0 aliphatic carbocycles. The molecule has 0 aliphatic heterocycles. The maximum Gasteiger partial charge on any atom is 0.283 e. The van der Waals surface area contributed by atoms with Crippen LogP contribution in [-0.2, 0) is 19.5 Å². The summed E-state index contributed by atoms with van der Waals surface area (Å²) in [5.74, 6) is -0.528. The zero-order valence-electron chi connectivity index (χ0n) is 15.7. The van der Waals surface area contributed by atoms with Crippen molar-refractivity contribution in [3.8, 4) is 0 Å². The Morgan fingerprint density at radius 1 is 0.931 bits per heavy atom. The van der Waals surface area contributed by atoms with Crippen LogP contribution in [-0.4, -0.2) is 25.4 Å². The van der Waals surface area contributed by atoms with E-state index in [0.29, 0.717) is 29.8 Å². The van der Waals surface area contributed by atoms with Crippen LogP contribution in [0.15, 0.2) is 77.9 Å². The Labute approximate surface area is 167 Å². The molecule has 3 heterocycles. The largest absolute Gasteiger partial charge is 0.345 e. The molecule has 1 amide bonds. The van der Waals surface area contributed by atoms with E-state index in [1.807, 2.05) is 36.4 Å². The molecule has 7 nitrogen and oxygen atoms in total. The van der Waals surface area contributed by atoms with Gasteiger partial charge < -0.3 is 5.32 Å². The third-order valence-electron chi connectivity index (χ3n) is 4.54. The summed E-state index contributed by atoms with van der Waals surface area (Å²) in [6.07, 6.45) is 3.91. The van der Waals surface area contributed by atoms with E-state index >= 15 is 0 Å². The predicted octanol–water partition coefficient (Wildman–Crippen LogP) is 2.36. The highest BCUT2D eigenvalue weighted by Crippen LogP contribution is 2.09. The van der Waals surface area contributed by atoms with Crippen molar-refractivity contribution in [3.63, 3.8) is 0 Å². The van der Waals surface area contributed by atoms with Gasteiger partial charge in [0.25, 0.3) is 11.5 Å². The molecule has 0 atom stereocenters. The molecular weight excluding hydrogens is 366 g/mol. The Hall–Kier alpha value is -3.87. The number of carbonyl (C=O) groups is 1. The fourth-order valence-electron chi connectivity index (χ4n) is 3.07. The normalized spacial score (nSPS) is 10.8. The molecule has 0 unspecified atom stereocenters. The Morgan fingerprint density at radius 2 is 1.72 bits per heavy atom. The molecule has 0 bridgehead atoms. The Morgan fingerprint density at radius 3 is 2.52 bits per heavy atom. The van der Waals surface area contributed by atoms with Gasteiger partial charge in [-0.05, 0) is 36.2 Å².